The van der Waals surface area contributed by atoms with Crippen LogP contribution in [0.15, 0.2) is 0 Å². The van der Waals surface area contributed by atoms with Crippen molar-refractivity contribution in [2.75, 3.05) is 0 Å². The maximum Gasteiger partial charge on any atom is 2.00 e. The van der Waals surface area contributed by atoms with Crippen LogP contribution in [-0.4, -0.2) is 1710 Å². The molecule has 0 aromatic rings. The van der Waals surface area contributed by atoms with Gasteiger partial charge in [-0.3, -0.25) is 0 Å². The first-order valence-corrected chi connectivity index (χ1v) is 0. The van der Waals surface area contributed by atoms with Gasteiger partial charge in [0.25, 0.3) is 0 Å². The fourth-order valence-corrected chi connectivity index (χ4v) is 0. The molecule has 0 atom stereocenters. The minimum Gasteiger partial charge on any atom is -2.00 e. The Morgan fingerprint density at radius 3 is 0.0253 bits per heavy atom. The molecule has 0 aliphatic heterocycles. The molecule has 5 nitrogen and oxygen atoms in total. The molecule has 0 unspecified atom stereocenters. The molecule has 0 saturated heterocycles. The Hall–Kier alpha value is 56.5. The topological polar surface area (TPSA) is 142 Å². The van der Waals surface area contributed by atoms with E-state index >= 15 is 0 Å². The van der Waals surface area contributed by atoms with Crippen LogP contribution in [-0.2, 0) is 27.4 Å². The molecule has 0 aromatic heterocycles. The molecule has 79 heteroatoms. The molecule has 40 valence electrons. The van der Waals surface area contributed by atoms with Crippen LogP contribution < -0.4 is 0 Å². The van der Waals surface area contributed by atoms with E-state index < -0.39 is 0 Å². The molecule has 0 spiro atoms. The molecule has 0 amide bonds. The largest absolute Gasteiger partial charge is 2.00 e. The summed E-state index contributed by atoms with van der Waals surface area (Å²) in [4.78, 5) is 0. The molecular formula is Mg74O5+138. The Morgan fingerprint density at radius 1 is 0.0253 bits per heavy atom. The summed E-state index contributed by atoms with van der Waals surface area (Å²) in [6.45, 7) is 0. The van der Waals surface area contributed by atoms with Crippen molar-refractivity contribution < 1.29 is 27.4 Å². The summed E-state index contributed by atoms with van der Waals surface area (Å²) in [6.07, 6.45) is 0. The fourth-order valence-electron chi connectivity index (χ4n) is 0. The first-order valence-electron chi connectivity index (χ1n) is 0. The Labute approximate surface area is 1680 Å². The van der Waals surface area contributed by atoms with Gasteiger partial charge in [-0.05, 0) is 0 Å². The van der Waals surface area contributed by atoms with Crippen LogP contribution in [0, 0.1) is 0 Å². The van der Waals surface area contributed by atoms with Crippen molar-refractivity contribution in [3.8, 4) is 0 Å². The Bertz CT molecular complexity index is 26.9. The van der Waals surface area contributed by atoms with E-state index in [4.69, 9.17) is 0 Å². The normalized spacial score (nSPS) is 0. The van der Waals surface area contributed by atoms with Crippen molar-refractivity contribution in [3.63, 3.8) is 0 Å². The van der Waals surface area contributed by atoms with Gasteiger partial charge in [-0.1, -0.05) is 0 Å². The zero-order valence-corrected chi connectivity index (χ0v) is 159. The maximum atomic E-state index is 0. The quantitative estimate of drug-likeness (QED) is 0.213. The zero-order chi connectivity index (χ0) is 0. The Morgan fingerprint density at radius 2 is 0.0253 bits per heavy atom. The van der Waals surface area contributed by atoms with E-state index in [1.807, 2.05) is 0 Å². The van der Waals surface area contributed by atoms with E-state index in [2.05, 4.69) is 0 Å². The predicted octanol–water partition coefficient (Wildman–Crippen LogP) is -28.8. The summed E-state index contributed by atoms with van der Waals surface area (Å²) in [7, 11) is 0. The molecule has 0 bridgehead atoms. The molecule has 79 heavy (non-hydrogen) atoms. The van der Waals surface area contributed by atoms with E-state index in [0.717, 1.165) is 0 Å². The monoisotopic (exact) mass is 1850 g/mol. The van der Waals surface area contributed by atoms with Crippen LogP contribution in [0.4, 0.5) is 0 Å². The summed E-state index contributed by atoms with van der Waals surface area (Å²) >= 11 is 0. The first kappa shape index (κ1) is 768. The Balaban J connectivity index is 0. The van der Waals surface area contributed by atoms with Crippen LogP contribution in [0.3, 0.4) is 0 Å². The smallest absolute Gasteiger partial charge is 2.00 e. The van der Waals surface area contributed by atoms with E-state index in [-0.39, 0.29) is 1730 Å². The number of rotatable bonds is 0. The summed E-state index contributed by atoms with van der Waals surface area (Å²) in [6, 6.07) is 0. The number of hydrogen-bond donors (Lipinski definition) is 0. The van der Waals surface area contributed by atoms with Crippen molar-refractivity contribution in [2.24, 2.45) is 0 Å². The standard InChI is InChI=1S/74Mg.5O/q74*+2;5*-2. The molecule has 0 aliphatic rings. The van der Waals surface area contributed by atoms with Gasteiger partial charge in [-0.2, -0.15) is 0 Å². The second-order valence-corrected chi connectivity index (χ2v) is 0. The maximum absolute atomic E-state index is 0. The van der Waals surface area contributed by atoms with Gasteiger partial charge >= 0.3 is 1710 Å². The number of hydrogen-bond acceptors (Lipinski definition) is 0. The summed E-state index contributed by atoms with van der Waals surface area (Å²) in [5, 5.41) is 0. The average Bonchev–Trinajstić information content (AvgIpc) is 0. The van der Waals surface area contributed by atoms with E-state index in [0.29, 0.717) is 0 Å². The molecule has 0 heterocycles. The minimum absolute atomic E-state index is 0. The van der Waals surface area contributed by atoms with Crippen LogP contribution >= 0.6 is 0 Å². The zero-order valence-electron chi connectivity index (χ0n) is 54.4. The van der Waals surface area contributed by atoms with Crippen LogP contribution in [0.5, 0.6) is 0 Å². The summed E-state index contributed by atoms with van der Waals surface area (Å²) in [5.74, 6) is 0. The average molecular weight is 1880 g/mol. The van der Waals surface area contributed by atoms with Gasteiger partial charge in [0.2, 0.25) is 0 Å². The summed E-state index contributed by atoms with van der Waals surface area (Å²) < 4.78 is 0. The van der Waals surface area contributed by atoms with Gasteiger partial charge in [0.05, 0.1) is 0 Å². The van der Waals surface area contributed by atoms with Crippen LogP contribution in [0.25, 0.3) is 0 Å². The van der Waals surface area contributed by atoms with Crippen LogP contribution in [0.2, 0.25) is 0 Å². The minimum atomic E-state index is 0. The van der Waals surface area contributed by atoms with E-state index in [1.165, 1.54) is 0 Å². The van der Waals surface area contributed by atoms with Gasteiger partial charge in [0, 0.05) is 0 Å². The first-order chi connectivity index (χ1) is 0. The van der Waals surface area contributed by atoms with Crippen molar-refractivity contribution in [1.82, 2.24) is 0 Å². The third kappa shape index (κ3) is 740. The van der Waals surface area contributed by atoms with Gasteiger partial charge in [0.1, 0.15) is 0 Å². The molecule has 0 aliphatic carbocycles. The van der Waals surface area contributed by atoms with Crippen molar-refractivity contribution in [2.45, 2.75) is 0 Å². The van der Waals surface area contributed by atoms with Crippen molar-refractivity contribution in [3.05, 3.63) is 0 Å². The second kappa shape index (κ2) is 751. The van der Waals surface area contributed by atoms with Gasteiger partial charge < -0.3 is 27.4 Å². The third-order valence-corrected chi connectivity index (χ3v) is 0. The fraction of sp³-hybridized carbons (Fsp3) is 0. The SMILES string of the molecule is [Mg+2].[Mg+2].[Mg+2].[Mg+2].[Mg+2].[Mg+2].[Mg+2].[Mg+2].[Mg+2].[Mg+2].[Mg+2].[Mg+2].[Mg+2].[Mg+2].[Mg+2].[Mg+2].[Mg+2].[Mg+2].[Mg+2].[Mg+2].[Mg+2].[Mg+2].[Mg+2].[Mg+2].[Mg+2].[Mg+2].[Mg+2].[Mg+2].[Mg+2].[Mg+2].[Mg+2].[Mg+2].[Mg+2].[Mg+2].[Mg+2].[Mg+2].[Mg+2].[Mg+2].[Mg+2].[Mg+2].[Mg+2].[Mg+2].[Mg+2].[Mg+2].[Mg+2].[Mg+2].[Mg+2].[Mg+2].[Mg+2].[Mg+2].[Mg+2].[Mg+2].[Mg+2].[Mg+2].[Mg+2].[Mg+2].[Mg+2].[Mg+2].[Mg+2].[Mg+2].[Mg+2].[Mg+2].[Mg+2].[Mg+2].[Mg+2].[Mg+2].[Mg+2].[Mg+2].[Mg+2].[Mg+2].[Mg+2].[Mg+2].[Mg+2].[Mg+2].[O-2].[O-2].[O-2].[O-2].[O-2]. The molecule has 0 aromatic carbocycles. The molecule has 0 radical (unpaired) electrons. The van der Waals surface area contributed by atoms with Crippen molar-refractivity contribution >= 4 is 1710 Å². The second-order valence-electron chi connectivity index (χ2n) is 0. The molecule has 0 rings (SSSR count). The molecule has 0 N–H and O–H groups in total. The van der Waals surface area contributed by atoms with E-state index in [1.54, 1.807) is 0 Å². The van der Waals surface area contributed by atoms with Crippen molar-refractivity contribution in [1.29, 1.82) is 0 Å². The van der Waals surface area contributed by atoms with Crippen LogP contribution in [0.1, 0.15) is 0 Å². The summed E-state index contributed by atoms with van der Waals surface area (Å²) in [5.41, 5.74) is 0. The van der Waals surface area contributed by atoms with Gasteiger partial charge in [-0.15, -0.1) is 0 Å². The van der Waals surface area contributed by atoms with Gasteiger partial charge in [-0.25, -0.2) is 0 Å². The molecular weight excluding hydrogens is 1880 g/mol. The predicted molar refractivity (Wildman–Crippen MR) is 429 cm³/mol. The molecule has 0 saturated carbocycles. The van der Waals surface area contributed by atoms with E-state index in [9.17, 15) is 0 Å². The van der Waals surface area contributed by atoms with Gasteiger partial charge in [0.15, 0.2) is 0 Å². The third-order valence-electron chi connectivity index (χ3n) is 0. The Kier molecular flexibility index (Phi) is 7300. The molecule has 0 fully saturated rings.